The molecule has 5 nitrogen and oxygen atoms in total. The molecule has 0 unspecified atom stereocenters. The number of rotatable bonds is 5. The molecule has 92 valence electrons. The van der Waals surface area contributed by atoms with Gasteiger partial charge in [-0.15, -0.1) is 0 Å². The summed E-state index contributed by atoms with van der Waals surface area (Å²) in [6, 6.07) is 5.08. The molecule has 0 heterocycles. The Labute approximate surface area is 99.7 Å². The first-order chi connectivity index (χ1) is 8.04. The fraction of sp³-hybridized carbons (Fsp3) is 0.500. The number of nitrogens with zero attached hydrogens (tertiary/aromatic N) is 1. The van der Waals surface area contributed by atoms with E-state index in [1.807, 2.05) is 6.07 Å². The van der Waals surface area contributed by atoms with Crippen molar-refractivity contribution in [3.63, 3.8) is 0 Å². The second-order valence-electron chi connectivity index (χ2n) is 4.63. The number of benzene rings is 1. The number of methoxy groups -OCH3 is 1. The zero-order valence-corrected chi connectivity index (χ0v) is 9.81. The lowest BCUT2D eigenvalue weighted by atomic mass is 10.0. The van der Waals surface area contributed by atoms with Crippen LogP contribution in [0.5, 0.6) is 5.75 Å². The number of nitro groups is 1. The number of hydrogen-bond donors (Lipinski definition) is 1. The van der Waals surface area contributed by atoms with Crippen LogP contribution in [-0.4, -0.2) is 17.6 Å². The SMILES string of the molecule is COc1ccc(CCC2(N)CC2)cc1[N+](=O)[O-]. The van der Waals surface area contributed by atoms with Gasteiger partial charge in [0.25, 0.3) is 0 Å². The normalized spacial score (nSPS) is 16.6. The molecule has 0 saturated heterocycles. The van der Waals surface area contributed by atoms with Gasteiger partial charge in [-0.1, -0.05) is 6.07 Å². The van der Waals surface area contributed by atoms with Gasteiger partial charge in [0.1, 0.15) is 0 Å². The van der Waals surface area contributed by atoms with E-state index in [0.717, 1.165) is 31.2 Å². The van der Waals surface area contributed by atoms with Crippen molar-refractivity contribution in [1.82, 2.24) is 0 Å². The van der Waals surface area contributed by atoms with Crippen molar-refractivity contribution >= 4 is 5.69 Å². The van der Waals surface area contributed by atoms with Crippen LogP contribution in [0.1, 0.15) is 24.8 Å². The standard InChI is InChI=1S/C12H16N2O3/c1-17-11-3-2-9(8-10(11)14(15)16)4-5-12(13)6-7-12/h2-3,8H,4-7,13H2,1H3. The first kappa shape index (κ1) is 11.9. The van der Waals surface area contributed by atoms with Crippen LogP contribution in [0.15, 0.2) is 18.2 Å². The second kappa shape index (κ2) is 4.33. The molecule has 0 radical (unpaired) electrons. The average molecular weight is 236 g/mol. The highest BCUT2D eigenvalue weighted by atomic mass is 16.6. The molecule has 0 amide bonds. The number of ether oxygens (including phenoxy) is 1. The Bertz CT molecular complexity index is 441. The molecule has 2 rings (SSSR count). The maximum absolute atomic E-state index is 10.8. The van der Waals surface area contributed by atoms with Crippen LogP contribution in [0.2, 0.25) is 0 Å². The highest BCUT2D eigenvalue weighted by molar-refractivity contribution is 5.48. The van der Waals surface area contributed by atoms with Crippen molar-refractivity contribution < 1.29 is 9.66 Å². The first-order valence-corrected chi connectivity index (χ1v) is 5.64. The van der Waals surface area contributed by atoms with Crippen LogP contribution < -0.4 is 10.5 Å². The molecule has 0 bridgehead atoms. The van der Waals surface area contributed by atoms with E-state index in [-0.39, 0.29) is 11.2 Å². The maximum atomic E-state index is 10.8. The number of hydrogen-bond acceptors (Lipinski definition) is 4. The number of nitro benzene ring substituents is 1. The summed E-state index contributed by atoms with van der Waals surface area (Å²) in [6.07, 6.45) is 3.79. The maximum Gasteiger partial charge on any atom is 0.311 e. The lowest BCUT2D eigenvalue weighted by molar-refractivity contribution is -0.385. The molecule has 0 aliphatic heterocycles. The second-order valence-corrected chi connectivity index (χ2v) is 4.63. The van der Waals surface area contributed by atoms with Crippen LogP contribution in [-0.2, 0) is 6.42 Å². The van der Waals surface area contributed by atoms with Crippen molar-refractivity contribution in [3.05, 3.63) is 33.9 Å². The molecule has 0 atom stereocenters. The predicted octanol–water partition coefficient (Wildman–Crippen LogP) is 2.03. The monoisotopic (exact) mass is 236 g/mol. The predicted molar refractivity (Wildman–Crippen MR) is 64.1 cm³/mol. The van der Waals surface area contributed by atoms with Gasteiger partial charge in [0.05, 0.1) is 12.0 Å². The summed E-state index contributed by atoms with van der Waals surface area (Å²) < 4.78 is 4.95. The minimum atomic E-state index is -0.419. The summed E-state index contributed by atoms with van der Waals surface area (Å²) in [7, 11) is 1.43. The van der Waals surface area contributed by atoms with Gasteiger partial charge in [-0.3, -0.25) is 10.1 Å². The minimum absolute atomic E-state index is 0.0191. The van der Waals surface area contributed by atoms with E-state index in [1.165, 1.54) is 7.11 Å². The molecular weight excluding hydrogens is 220 g/mol. The lowest BCUT2D eigenvalue weighted by Crippen LogP contribution is -2.22. The quantitative estimate of drug-likeness (QED) is 0.626. The van der Waals surface area contributed by atoms with Crippen molar-refractivity contribution in [3.8, 4) is 5.75 Å². The Morgan fingerprint density at radius 2 is 2.24 bits per heavy atom. The van der Waals surface area contributed by atoms with Crippen LogP contribution in [0.25, 0.3) is 0 Å². The Hall–Kier alpha value is -1.62. The number of nitrogens with two attached hydrogens (primary N) is 1. The summed E-state index contributed by atoms with van der Waals surface area (Å²) in [4.78, 5) is 10.4. The topological polar surface area (TPSA) is 78.4 Å². The minimum Gasteiger partial charge on any atom is -0.490 e. The van der Waals surface area contributed by atoms with Gasteiger partial charge in [0.2, 0.25) is 0 Å². The summed E-state index contributed by atoms with van der Waals surface area (Å²) in [5, 5.41) is 10.8. The summed E-state index contributed by atoms with van der Waals surface area (Å²) >= 11 is 0. The van der Waals surface area contributed by atoms with E-state index in [9.17, 15) is 10.1 Å². The van der Waals surface area contributed by atoms with Gasteiger partial charge in [0.15, 0.2) is 5.75 Å². The Morgan fingerprint density at radius 3 is 2.76 bits per heavy atom. The van der Waals surface area contributed by atoms with Crippen LogP contribution >= 0.6 is 0 Å². The van der Waals surface area contributed by atoms with Crippen molar-refractivity contribution in [2.75, 3.05) is 7.11 Å². The molecule has 0 aromatic heterocycles. The third kappa shape index (κ3) is 2.74. The fourth-order valence-corrected chi connectivity index (χ4v) is 1.84. The summed E-state index contributed by atoms with van der Waals surface area (Å²) in [5.41, 5.74) is 6.93. The van der Waals surface area contributed by atoms with Crippen molar-refractivity contribution in [2.45, 2.75) is 31.2 Å². The van der Waals surface area contributed by atoms with Gasteiger partial charge in [-0.25, -0.2) is 0 Å². The zero-order chi connectivity index (χ0) is 12.5. The van der Waals surface area contributed by atoms with Crippen LogP contribution in [0.4, 0.5) is 5.69 Å². The smallest absolute Gasteiger partial charge is 0.311 e. The van der Waals surface area contributed by atoms with Gasteiger partial charge < -0.3 is 10.5 Å². The van der Waals surface area contributed by atoms with Crippen LogP contribution in [0.3, 0.4) is 0 Å². The fourth-order valence-electron chi connectivity index (χ4n) is 1.84. The van der Waals surface area contributed by atoms with Crippen LogP contribution in [0, 0.1) is 10.1 Å². The van der Waals surface area contributed by atoms with E-state index in [4.69, 9.17) is 10.5 Å². The molecular formula is C12H16N2O3. The average Bonchev–Trinajstić information content (AvgIpc) is 3.05. The van der Waals surface area contributed by atoms with Gasteiger partial charge in [-0.05, 0) is 37.3 Å². The highest BCUT2D eigenvalue weighted by Crippen LogP contribution is 2.37. The molecule has 1 aromatic carbocycles. The van der Waals surface area contributed by atoms with Gasteiger partial charge >= 0.3 is 5.69 Å². The molecule has 1 fully saturated rings. The highest BCUT2D eigenvalue weighted by Gasteiger charge is 2.37. The molecule has 5 heteroatoms. The van der Waals surface area contributed by atoms with E-state index in [2.05, 4.69) is 0 Å². The van der Waals surface area contributed by atoms with Crippen molar-refractivity contribution in [1.29, 1.82) is 0 Å². The molecule has 2 N–H and O–H groups in total. The Kier molecular flexibility index (Phi) is 3.02. The molecule has 1 aliphatic rings. The summed E-state index contributed by atoms with van der Waals surface area (Å²) in [6.45, 7) is 0. The third-order valence-electron chi connectivity index (χ3n) is 3.24. The Balaban J connectivity index is 2.12. The van der Waals surface area contributed by atoms with Gasteiger partial charge in [-0.2, -0.15) is 0 Å². The van der Waals surface area contributed by atoms with Gasteiger partial charge in [0, 0.05) is 11.6 Å². The first-order valence-electron chi connectivity index (χ1n) is 5.64. The van der Waals surface area contributed by atoms with E-state index in [1.54, 1.807) is 12.1 Å². The molecule has 17 heavy (non-hydrogen) atoms. The van der Waals surface area contributed by atoms with E-state index < -0.39 is 4.92 Å². The van der Waals surface area contributed by atoms with Crippen molar-refractivity contribution in [2.24, 2.45) is 5.73 Å². The zero-order valence-electron chi connectivity index (χ0n) is 9.81. The molecule has 1 aromatic rings. The van der Waals surface area contributed by atoms with E-state index >= 15 is 0 Å². The molecule has 1 saturated carbocycles. The van der Waals surface area contributed by atoms with E-state index in [0.29, 0.717) is 5.75 Å². The lowest BCUT2D eigenvalue weighted by Gasteiger charge is -2.08. The Morgan fingerprint density at radius 1 is 1.53 bits per heavy atom. The largest absolute Gasteiger partial charge is 0.490 e. The molecule has 0 spiro atoms. The third-order valence-corrected chi connectivity index (χ3v) is 3.24. The molecule has 1 aliphatic carbocycles. The number of aryl methyl sites for hydroxylation is 1. The summed E-state index contributed by atoms with van der Waals surface area (Å²) in [5.74, 6) is 0.299.